The Kier molecular flexibility index (Phi) is 5.85. The van der Waals surface area contributed by atoms with Gasteiger partial charge >= 0.3 is 0 Å². The average Bonchev–Trinajstić information content (AvgIpc) is 3.00. The first-order valence-electron chi connectivity index (χ1n) is 8.09. The summed E-state index contributed by atoms with van der Waals surface area (Å²) in [7, 11) is 1.62. The number of amides is 1. The van der Waals surface area contributed by atoms with Crippen LogP contribution in [-0.2, 0) is 7.05 Å². The number of nitrogens with zero attached hydrogens (tertiary/aromatic N) is 2. The van der Waals surface area contributed by atoms with E-state index in [1.807, 2.05) is 24.3 Å². The highest BCUT2D eigenvalue weighted by Gasteiger charge is 2.19. The molecule has 2 aromatic carbocycles. The summed E-state index contributed by atoms with van der Waals surface area (Å²) in [6.07, 6.45) is 1.49. The minimum absolute atomic E-state index is 0.0625. The number of aromatic nitrogens is 2. The number of benzene rings is 2. The minimum Gasteiger partial charge on any atom is -0.492 e. The molecule has 0 spiro atoms. The normalized spacial score (nSPS) is 10.7. The molecule has 0 bridgehead atoms. The summed E-state index contributed by atoms with van der Waals surface area (Å²) in [6, 6.07) is 10.5. The van der Waals surface area contributed by atoms with Gasteiger partial charge in [-0.2, -0.15) is 5.10 Å². The number of carbonyl (C=O) groups is 1. The molecule has 0 saturated heterocycles. The molecule has 1 N–H and O–H groups in total. The monoisotopic (exact) mass is 435 g/mol. The molecule has 0 radical (unpaired) electrons. The molecule has 0 fully saturated rings. The Hall–Kier alpha value is -2.74. The fourth-order valence-corrected chi connectivity index (χ4v) is 2.90. The van der Waals surface area contributed by atoms with Crippen molar-refractivity contribution in [3.8, 4) is 17.0 Å². The van der Waals surface area contributed by atoms with Crippen molar-refractivity contribution in [1.82, 2.24) is 15.1 Å². The molecule has 0 saturated carbocycles. The van der Waals surface area contributed by atoms with Gasteiger partial charge in [-0.3, -0.25) is 9.48 Å². The van der Waals surface area contributed by atoms with Crippen LogP contribution in [0.15, 0.2) is 53.1 Å². The van der Waals surface area contributed by atoms with Crippen molar-refractivity contribution in [2.75, 3.05) is 13.2 Å². The standard InChI is InChI=1S/C19H16BrF2N3O2/c1-25-11-16(18(24-25)15-6-5-13(21)10-17(15)22)19(26)23-7-8-27-14-4-2-3-12(20)9-14/h2-6,9-11H,7-8H2,1H3,(H,23,26). The van der Waals surface area contributed by atoms with Crippen molar-refractivity contribution in [3.63, 3.8) is 0 Å². The topological polar surface area (TPSA) is 56.2 Å². The van der Waals surface area contributed by atoms with Gasteiger partial charge in [0, 0.05) is 29.3 Å². The third kappa shape index (κ3) is 4.71. The summed E-state index contributed by atoms with van der Waals surface area (Å²) in [6.45, 7) is 0.522. The van der Waals surface area contributed by atoms with Gasteiger partial charge in [0.25, 0.3) is 5.91 Å². The first-order chi connectivity index (χ1) is 12.9. The number of ether oxygens (including phenoxy) is 1. The molecule has 8 heteroatoms. The van der Waals surface area contributed by atoms with Crippen molar-refractivity contribution in [3.05, 3.63) is 70.3 Å². The van der Waals surface area contributed by atoms with Gasteiger partial charge in [-0.05, 0) is 30.3 Å². The summed E-state index contributed by atoms with van der Waals surface area (Å²) >= 11 is 3.35. The zero-order valence-electron chi connectivity index (χ0n) is 14.4. The van der Waals surface area contributed by atoms with E-state index >= 15 is 0 Å². The van der Waals surface area contributed by atoms with Gasteiger partial charge in [0.1, 0.15) is 29.7 Å². The fraction of sp³-hybridized carbons (Fsp3) is 0.158. The maximum Gasteiger partial charge on any atom is 0.255 e. The molecule has 0 aliphatic carbocycles. The molecule has 27 heavy (non-hydrogen) atoms. The fourth-order valence-electron chi connectivity index (χ4n) is 2.52. The van der Waals surface area contributed by atoms with Gasteiger partial charge < -0.3 is 10.1 Å². The minimum atomic E-state index is -0.777. The molecule has 3 aromatic rings. The Morgan fingerprint density at radius 3 is 2.81 bits per heavy atom. The molecule has 140 valence electrons. The molecule has 0 aliphatic rings. The molecule has 1 amide bonds. The lowest BCUT2D eigenvalue weighted by molar-refractivity contribution is 0.0947. The highest BCUT2D eigenvalue weighted by Crippen LogP contribution is 2.25. The zero-order chi connectivity index (χ0) is 19.4. The SMILES string of the molecule is Cn1cc(C(=O)NCCOc2cccc(Br)c2)c(-c2ccc(F)cc2F)n1. The number of aryl methyl sites for hydroxylation is 1. The first kappa shape index (κ1) is 19.0. The van der Waals surface area contributed by atoms with Gasteiger partial charge in [-0.25, -0.2) is 8.78 Å². The predicted molar refractivity (Wildman–Crippen MR) is 101 cm³/mol. The number of hydrogen-bond donors (Lipinski definition) is 1. The van der Waals surface area contributed by atoms with E-state index < -0.39 is 17.5 Å². The summed E-state index contributed by atoms with van der Waals surface area (Å²) in [5.41, 5.74) is 0.415. The number of halogens is 3. The van der Waals surface area contributed by atoms with Crippen molar-refractivity contribution in [2.45, 2.75) is 0 Å². The Labute approximate surface area is 163 Å². The van der Waals surface area contributed by atoms with Crippen molar-refractivity contribution in [1.29, 1.82) is 0 Å². The van der Waals surface area contributed by atoms with Crippen LogP contribution in [0.2, 0.25) is 0 Å². The van der Waals surface area contributed by atoms with E-state index in [9.17, 15) is 13.6 Å². The number of carbonyl (C=O) groups excluding carboxylic acids is 1. The molecule has 5 nitrogen and oxygen atoms in total. The Balaban J connectivity index is 1.66. The van der Waals surface area contributed by atoms with Crippen LogP contribution in [0.4, 0.5) is 8.78 Å². The van der Waals surface area contributed by atoms with Gasteiger partial charge in [-0.1, -0.05) is 22.0 Å². The van der Waals surface area contributed by atoms with Crippen LogP contribution < -0.4 is 10.1 Å². The molecule has 1 aromatic heterocycles. The van der Waals surface area contributed by atoms with Crippen LogP contribution in [0.1, 0.15) is 10.4 Å². The van der Waals surface area contributed by atoms with Gasteiger partial charge in [0.05, 0.1) is 12.1 Å². The van der Waals surface area contributed by atoms with E-state index in [0.29, 0.717) is 5.75 Å². The van der Waals surface area contributed by atoms with E-state index in [4.69, 9.17) is 4.74 Å². The summed E-state index contributed by atoms with van der Waals surface area (Å²) in [5, 5.41) is 6.85. The third-order valence-corrected chi connectivity index (χ3v) is 4.21. The smallest absolute Gasteiger partial charge is 0.255 e. The van der Waals surface area contributed by atoms with E-state index in [1.54, 1.807) is 7.05 Å². The first-order valence-corrected chi connectivity index (χ1v) is 8.89. The highest BCUT2D eigenvalue weighted by atomic mass is 79.9. The number of nitrogens with one attached hydrogen (secondary N) is 1. The summed E-state index contributed by atoms with van der Waals surface area (Å²) in [5.74, 6) is -1.21. The average molecular weight is 436 g/mol. The number of rotatable bonds is 6. The molecular weight excluding hydrogens is 420 g/mol. The van der Waals surface area contributed by atoms with Gasteiger partial charge in [0.15, 0.2) is 0 Å². The lowest BCUT2D eigenvalue weighted by Gasteiger charge is -2.08. The van der Waals surface area contributed by atoms with E-state index in [-0.39, 0.29) is 30.0 Å². The Bertz CT molecular complexity index is 975. The second-order valence-electron chi connectivity index (χ2n) is 5.75. The number of hydrogen-bond acceptors (Lipinski definition) is 3. The maximum atomic E-state index is 14.1. The largest absolute Gasteiger partial charge is 0.492 e. The highest BCUT2D eigenvalue weighted by molar-refractivity contribution is 9.10. The van der Waals surface area contributed by atoms with Crippen LogP contribution >= 0.6 is 15.9 Å². The molecule has 0 unspecified atom stereocenters. The van der Waals surface area contributed by atoms with Crippen molar-refractivity contribution >= 4 is 21.8 Å². The van der Waals surface area contributed by atoms with E-state index in [1.165, 1.54) is 16.9 Å². The van der Waals surface area contributed by atoms with Crippen LogP contribution in [0.3, 0.4) is 0 Å². The lowest BCUT2D eigenvalue weighted by atomic mass is 10.1. The zero-order valence-corrected chi connectivity index (χ0v) is 16.0. The second-order valence-corrected chi connectivity index (χ2v) is 6.67. The van der Waals surface area contributed by atoms with Crippen LogP contribution in [0.5, 0.6) is 5.75 Å². The quantitative estimate of drug-likeness (QED) is 0.596. The molecule has 0 aliphatic heterocycles. The van der Waals surface area contributed by atoms with Gasteiger partial charge in [0.2, 0.25) is 0 Å². The second kappa shape index (κ2) is 8.30. The third-order valence-electron chi connectivity index (χ3n) is 3.71. The van der Waals surface area contributed by atoms with Crippen molar-refractivity contribution in [2.24, 2.45) is 7.05 Å². The summed E-state index contributed by atoms with van der Waals surface area (Å²) in [4.78, 5) is 12.5. The maximum absolute atomic E-state index is 14.1. The molecular formula is C19H16BrF2N3O2. The summed E-state index contributed by atoms with van der Waals surface area (Å²) < 4.78 is 35.1. The lowest BCUT2D eigenvalue weighted by Crippen LogP contribution is -2.28. The van der Waals surface area contributed by atoms with Crippen LogP contribution in [-0.4, -0.2) is 28.8 Å². The van der Waals surface area contributed by atoms with Crippen LogP contribution in [0, 0.1) is 11.6 Å². The molecule has 3 rings (SSSR count). The predicted octanol–water partition coefficient (Wildman–Crippen LogP) is 3.94. The molecule has 0 atom stereocenters. The van der Waals surface area contributed by atoms with Gasteiger partial charge in [-0.15, -0.1) is 0 Å². The Morgan fingerprint density at radius 1 is 1.26 bits per heavy atom. The Morgan fingerprint density at radius 2 is 2.07 bits per heavy atom. The molecule has 1 heterocycles. The van der Waals surface area contributed by atoms with E-state index in [2.05, 4.69) is 26.3 Å². The van der Waals surface area contributed by atoms with Crippen LogP contribution in [0.25, 0.3) is 11.3 Å². The van der Waals surface area contributed by atoms with Crippen molar-refractivity contribution < 1.29 is 18.3 Å². The van der Waals surface area contributed by atoms with E-state index in [0.717, 1.165) is 16.6 Å².